The number of fused-ring (bicyclic) bond motifs is 1. The van der Waals surface area contributed by atoms with Gasteiger partial charge in [0.05, 0.1) is 6.33 Å². The molecule has 0 spiro atoms. The van der Waals surface area contributed by atoms with Crippen molar-refractivity contribution in [3.8, 4) is 0 Å². The zero-order valence-corrected chi connectivity index (χ0v) is 25.8. The van der Waals surface area contributed by atoms with Crippen molar-refractivity contribution in [3.05, 3.63) is 83.8 Å². The summed E-state index contributed by atoms with van der Waals surface area (Å²) in [5.74, 6) is -2.65. The molecule has 0 bridgehead atoms. The Hall–Kier alpha value is -4.15. The van der Waals surface area contributed by atoms with E-state index >= 15 is 0 Å². The van der Waals surface area contributed by atoms with E-state index in [1.807, 2.05) is 12.1 Å². The Kier molecular flexibility index (Phi) is 9.60. The number of hydrogen-bond donors (Lipinski definition) is 6. The molecular formula is C29H35N6O10P. The second-order valence-electron chi connectivity index (χ2n) is 11.0. The summed E-state index contributed by atoms with van der Waals surface area (Å²) in [5.41, 5.74) is 10.3. The van der Waals surface area contributed by atoms with Crippen LogP contribution in [0, 0.1) is 0 Å². The van der Waals surface area contributed by atoms with Crippen LogP contribution in [0.15, 0.2) is 67.0 Å². The number of esters is 2. The molecule has 1 amide bonds. The highest BCUT2D eigenvalue weighted by atomic mass is 31.2. The summed E-state index contributed by atoms with van der Waals surface area (Å²) in [6.07, 6.45) is -4.45. The number of rotatable bonds is 14. The van der Waals surface area contributed by atoms with Crippen molar-refractivity contribution in [2.45, 2.75) is 69.3 Å². The van der Waals surface area contributed by atoms with Crippen LogP contribution in [0.2, 0.25) is 0 Å². The van der Waals surface area contributed by atoms with Crippen LogP contribution in [0.1, 0.15) is 41.7 Å². The lowest BCUT2D eigenvalue weighted by Crippen LogP contribution is -2.44. The summed E-state index contributed by atoms with van der Waals surface area (Å²) in [6.45, 7) is 2.66. The van der Waals surface area contributed by atoms with Crippen molar-refractivity contribution in [2.24, 2.45) is 5.73 Å². The first-order valence-electron chi connectivity index (χ1n) is 14.3. The van der Waals surface area contributed by atoms with E-state index in [1.165, 1.54) is 13.8 Å². The standard InChI is InChI=1S/C29H35N6O10P/c1-16(27(38)42-13-18-9-5-3-6-10-18)33-46(41,34-17(2)28(39)43-14-19-11-7-4-8-12-19)45-23-22-29(23,40)21(36)26(44-22)35-15-32-20(24(35)30)25(31)37/h3-12,15-17,21-23,26,36,40H,13-14,30H2,1-2H3,(H2,31,37)(H2,33,34,41)/t16-,17-,21-,22+,23?,26+,29-/m0/s1. The maximum Gasteiger partial charge on any atom is 0.342 e. The van der Waals surface area contributed by atoms with Crippen LogP contribution in [0.3, 0.4) is 0 Å². The fourth-order valence-electron chi connectivity index (χ4n) is 5.00. The number of amides is 1. The topological polar surface area (TPSA) is 240 Å². The van der Waals surface area contributed by atoms with Crippen molar-refractivity contribution >= 4 is 31.3 Å². The van der Waals surface area contributed by atoms with E-state index in [9.17, 15) is 29.2 Å². The Labute approximate surface area is 263 Å². The molecule has 3 aromatic rings. The number of primary amides is 1. The van der Waals surface area contributed by atoms with E-state index in [0.717, 1.165) is 22.0 Å². The third-order valence-corrected chi connectivity index (χ3v) is 9.57. The van der Waals surface area contributed by atoms with Gasteiger partial charge in [-0.25, -0.2) is 15.2 Å². The van der Waals surface area contributed by atoms with Crippen LogP contribution >= 0.6 is 7.67 Å². The predicted molar refractivity (Wildman–Crippen MR) is 160 cm³/mol. The van der Waals surface area contributed by atoms with Crippen molar-refractivity contribution < 1.29 is 47.9 Å². The average molecular weight is 659 g/mol. The summed E-state index contributed by atoms with van der Waals surface area (Å²) in [7, 11) is -4.42. The number of hydrogen-bond acceptors (Lipinski definition) is 12. The lowest BCUT2D eigenvalue weighted by Gasteiger charge is -2.29. The minimum atomic E-state index is -4.42. The molecule has 1 aliphatic heterocycles. The molecular weight excluding hydrogens is 623 g/mol. The molecule has 2 aliphatic rings. The minimum Gasteiger partial charge on any atom is -0.460 e. The van der Waals surface area contributed by atoms with E-state index < -0.39 is 67.7 Å². The zero-order chi connectivity index (χ0) is 33.2. The number of anilines is 1. The van der Waals surface area contributed by atoms with Gasteiger partial charge in [-0.3, -0.25) is 28.0 Å². The van der Waals surface area contributed by atoms with E-state index in [-0.39, 0.29) is 24.7 Å². The van der Waals surface area contributed by atoms with Crippen LogP contribution < -0.4 is 21.6 Å². The second-order valence-corrected chi connectivity index (χ2v) is 12.8. The van der Waals surface area contributed by atoms with Crippen molar-refractivity contribution in [3.63, 3.8) is 0 Å². The number of ether oxygens (including phenoxy) is 3. The number of nitrogens with one attached hydrogen (secondary N) is 2. The number of aliphatic hydroxyl groups is 2. The van der Waals surface area contributed by atoms with Gasteiger partial charge in [0.1, 0.15) is 49.4 Å². The Morgan fingerprint density at radius 3 is 1.91 bits per heavy atom. The molecule has 2 aromatic carbocycles. The summed E-state index contributed by atoms with van der Waals surface area (Å²) in [4.78, 5) is 41.0. The van der Waals surface area contributed by atoms with Gasteiger partial charge in [-0.2, -0.15) is 0 Å². The number of benzene rings is 2. The van der Waals surface area contributed by atoms with Crippen LogP contribution in [0.25, 0.3) is 0 Å². The molecule has 246 valence electrons. The van der Waals surface area contributed by atoms with Crippen LogP contribution in [-0.4, -0.2) is 73.6 Å². The molecule has 16 nitrogen and oxygen atoms in total. The third-order valence-electron chi connectivity index (χ3n) is 7.59. The first-order chi connectivity index (χ1) is 21.8. The van der Waals surface area contributed by atoms with Gasteiger partial charge in [-0.05, 0) is 25.0 Å². The van der Waals surface area contributed by atoms with Gasteiger partial charge < -0.3 is 35.9 Å². The number of imidazole rings is 1. The maximum absolute atomic E-state index is 14.2. The molecule has 1 saturated carbocycles. The normalized spacial score (nSPS) is 24.9. The molecule has 0 radical (unpaired) electrons. The molecule has 1 aliphatic carbocycles. The minimum absolute atomic E-state index is 0.0484. The van der Waals surface area contributed by atoms with Gasteiger partial charge in [0.25, 0.3) is 5.91 Å². The number of nitrogen functional groups attached to an aromatic ring is 1. The van der Waals surface area contributed by atoms with Gasteiger partial charge >= 0.3 is 19.6 Å². The maximum atomic E-state index is 14.2. The Morgan fingerprint density at radius 2 is 1.50 bits per heavy atom. The Bertz CT molecular complexity index is 1560. The van der Waals surface area contributed by atoms with E-state index in [4.69, 9.17) is 30.2 Å². The SMILES string of the molecule is C[C@H](NP(=O)(N[C@@H](C)C(=O)OCc1ccccc1)OC1[C@H]2O[C@@H](n3cnc(C(N)=O)c3N)[C@H](O)[C@@]12O)C(=O)OCc1ccccc1. The fourth-order valence-corrected chi connectivity index (χ4v) is 7.03. The first kappa shape index (κ1) is 33.2. The largest absolute Gasteiger partial charge is 0.460 e. The first-order valence-corrected chi connectivity index (χ1v) is 15.9. The number of nitrogens with zero attached hydrogens (tertiary/aromatic N) is 2. The molecule has 1 aromatic heterocycles. The Balaban J connectivity index is 1.28. The van der Waals surface area contributed by atoms with Crippen molar-refractivity contribution in [1.29, 1.82) is 0 Å². The van der Waals surface area contributed by atoms with Crippen LogP contribution in [-0.2, 0) is 46.1 Å². The highest BCUT2D eigenvalue weighted by molar-refractivity contribution is 7.54. The summed E-state index contributed by atoms with van der Waals surface area (Å²) in [5, 5.41) is 27.4. The van der Waals surface area contributed by atoms with Crippen LogP contribution in [0.5, 0.6) is 0 Å². The molecule has 17 heteroatoms. The van der Waals surface area contributed by atoms with Gasteiger partial charge in [0.2, 0.25) is 0 Å². The van der Waals surface area contributed by atoms with E-state index in [1.54, 1.807) is 48.5 Å². The van der Waals surface area contributed by atoms with Crippen molar-refractivity contribution in [1.82, 2.24) is 19.7 Å². The summed E-state index contributed by atoms with van der Waals surface area (Å²) in [6, 6.07) is 15.4. The van der Waals surface area contributed by atoms with Gasteiger partial charge in [-0.1, -0.05) is 60.7 Å². The molecule has 1 unspecified atom stereocenters. The monoisotopic (exact) mass is 658 g/mol. The molecule has 1 saturated heterocycles. The number of carbonyl (C=O) groups is 3. The quantitative estimate of drug-likeness (QED) is 0.102. The fraction of sp³-hybridized carbons (Fsp3) is 0.379. The van der Waals surface area contributed by atoms with Crippen LogP contribution in [0.4, 0.5) is 5.82 Å². The average Bonchev–Trinajstić information content (AvgIpc) is 3.25. The Morgan fingerprint density at radius 1 is 1.00 bits per heavy atom. The number of aliphatic hydroxyl groups excluding tert-OH is 1. The lowest BCUT2D eigenvalue weighted by molar-refractivity contribution is -0.147. The molecule has 7 atom stereocenters. The smallest absolute Gasteiger partial charge is 0.342 e. The summed E-state index contributed by atoms with van der Waals surface area (Å²) < 4.78 is 37.5. The van der Waals surface area contributed by atoms with Gasteiger partial charge in [0, 0.05) is 0 Å². The highest BCUT2D eigenvalue weighted by Crippen LogP contribution is 2.60. The van der Waals surface area contributed by atoms with Gasteiger partial charge in [-0.15, -0.1) is 0 Å². The predicted octanol–water partition coefficient (Wildman–Crippen LogP) is 0.504. The molecule has 8 N–H and O–H groups in total. The van der Waals surface area contributed by atoms with E-state index in [2.05, 4.69) is 15.2 Å². The zero-order valence-electron chi connectivity index (χ0n) is 24.9. The molecule has 46 heavy (non-hydrogen) atoms. The number of aromatic nitrogens is 2. The third kappa shape index (κ3) is 6.83. The number of carbonyl (C=O) groups excluding carboxylic acids is 3. The van der Waals surface area contributed by atoms with E-state index in [0.29, 0.717) is 0 Å². The summed E-state index contributed by atoms with van der Waals surface area (Å²) >= 11 is 0. The van der Waals surface area contributed by atoms with Crippen molar-refractivity contribution in [2.75, 3.05) is 5.73 Å². The molecule has 2 fully saturated rings. The second kappa shape index (κ2) is 13.3. The molecule has 5 rings (SSSR count). The molecule has 2 heterocycles. The highest BCUT2D eigenvalue weighted by Gasteiger charge is 2.79. The van der Waals surface area contributed by atoms with Gasteiger partial charge in [0.15, 0.2) is 17.5 Å². The number of nitrogens with two attached hydrogens (primary N) is 2. The lowest BCUT2D eigenvalue weighted by atomic mass is 10.1.